The van der Waals surface area contributed by atoms with Crippen LogP contribution in [0, 0.1) is 0 Å². The van der Waals surface area contributed by atoms with Gasteiger partial charge in [-0.2, -0.15) is 26.3 Å². The number of anilines is 6. The van der Waals surface area contributed by atoms with Gasteiger partial charge in [-0.3, -0.25) is 0 Å². The van der Waals surface area contributed by atoms with E-state index < -0.39 is 30.2 Å². The van der Waals surface area contributed by atoms with Gasteiger partial charge in [0.2, 0.25) is 6.71 Å². The molecule has 0 saturated heterocycles. The van der Waals surface area contributed by atoms with E-state index in [-0.39, 0.29) is 39.8 Å². The van der Waals surface area contributed by atoms with Crippen LogP contribution in [0.3, 0.4) is 0 Å². The molecule has 11 heteroatoms. The lowest BCUT2D eigenvalue weighted by molar-refractivity contribution is -0.142. The lowest BCUT2D eigenvalue weighted by atomic mass is 9.29. The van der Waals surface area contributed by atoms with Crippen molar-refractivity contribution in [3.63, 3.8) is 0 Å². The van der Waals surface area contributed by atoms with Crippen LogP contribution in [0.4, 0.5) is 60.5 Å². The number of hydrogen-bond acceptors (Lipinski definition) is 3. The highest BCUT2D eigenvalue weighted by Crippen LogP contribution is 2.54. The third-order valence-electron chi connectivity index (χ3n) is 13.8. The number of alkyl halides is 6. The van der Waals surface area contributed by atoms with Gasteiger partial charge in [0.1, 0.15) is 0 Å². The normalized spacial score (nSPS) is 15.4. The molecule has 0 saturated carbocycles. The molecule has 0 aliphatic carbocycles. The summed E-state index contributed by atoms with van der Waals surface area (Å²) in [6, 6.07) is 30.7. The Morgan fingerprint density at radius 2 is 1.00 bits per heavy atom. The minimum Gasteiger partial charge on any atom is -0.312 e. The molecule has 0 fully saturated rings. The van der Waals surface area contributed by atoms with Crippen LogP contribution >= 0.6 is 11.8 Å². The summed E-state index contributed by atoms with van der Waals surface area (Å²) in [4.78, 5) is 4.86. The summed E-state index contributed by atoms with van der Waals surface area (Å²) in [6.07, 6.45) is -6.01. The van der Waals surface area contributed by atoms with Gasteiger partial charge in [0.15, 0.2) is 0 Å². The first kappa shape index (κ1) is 44.3. The van der Waals surface area contributed by atoms with E-state index in [0.29, 0.717) is 17.4 Å². The van der Waals surface area contributed by atoms with Crippen LogP contribution in [0.15, 0.2) is 131 Å². The Hall–Kier alpha value is -5.54. The fraction of sp³-hybridized carbons (Fsp3) is 0.273. The smallest absolute Gasteiger partial charge is 0.312 e. The maximum absolute atomic E-state index is 16.0. The first-order valence-electron chi connectivity index (χ1n) is 22.5. The molecule has 10 rings (SSSR count). The average Bonchev–Trinajstić information content (AvgIpc) is 3.24. The van der Waals surface area contributed by atoms with Gasteiger partial charge in [-0.15, -0.1) is 0 Å². The number of thioether (sulfide) groups is 1. The summed E-state index contributed by atoms with van der Waals surface area (Å²) < 4.78 is 92.5. The molecule has 0 aromatic heterocycles. The van der Waals surface area contributed by atoms with Gasteiger partial charge in [0.05, 0.1) is 16.8 Å². The van der Waals surface area contributed by atoms with Crippen molar-refractivity contribution in [1.29, 1.82) is 0 Å². The topological polar surface area (TPSA) is 6.48 Å². The summed E-state index contributed by atoms with van der Waals surface area (Å²) in [6.45, 7) is 20.9. The summed E-state index contributed by atoms with van der Waals surface area (Å²) in [7, 11) is 0. The lowest BCUT2D eigenvalue weighted by Crippen LogP contribution is -2.66. The van der Waals surface area contributed by atoms with Crippen LogP contribution in [-0.2, 0) is 28.6 Å². The molecule has 0 spiro atoms. The Morgan fingerprint density at radius 3 is 1.47 bits per heavy atom. The van der Waals surface area contributed by atoms with E-state index in [2.05, 4.69) is 121 Å². The summed E-state index contributed by atoms with van der Waals surface area (Å²) in [5.74, 6) is 0. The van der Waals surface area contributed by atoms with Crippen LogP contribution in [-0.4, -0.2) is 13.4 Å². The quantitative estimate of drug-likeness (QED) is 0.129. The Bertz CT molecular complexity index is 3070. The molecular weight excluding hydrogens is 856 g/mol. The Kier molecular flexibility index (Phi) is 9.89. The minimum atomic E-state index is -5.17. The Balaban J connectivity index is 1.41. The second-order valence-corrected chi connectivity index (χ2v) is 22.1. The number of fused-ring (bicyclic) bond motifs is 8. The van der Waals surface area contributed by atoms with Gasteiger partial charge in [0.25, 0.3) is 6.71 Å². The Labute approximate surface area is 389 Å². The summed E-state index contributed by atoms with van der Waals surface area (Å²) in [5, 5.41) is 2.14. The molecule has 0 radical (unpaired) electrons. The molecule has 4 aliphatic heterocycles. The fourth-order valence-corrected chi connectivity index (χ4v) is 11.5. The van der Waals surface area contributed by atoms with Crippen LogP contribution in [0.2, 0.25) is 0 Å². The van der Waals surface area contributed by atoms with Crippen molar-refractivity contribution < 1.29 is 26.3 Å². The monoisotopic (exact) mass is 906 g/mol. The van der Waals surface area contributed by atoms with Crippen molar-refractivity contribution in [3.05, 3.63) is 154 Å². The van der Waals surface area contributed by atoms with Crippen molar-refractivity contribution in [2.45, 2.75) is 103 Å². The van der Waals surface area contributed by atoms with E-state index in [4.69, 9.17) is 0 Å². The van der Waals surface area contributed by atoms with Crippen LogP contribution in [0.5, 0.6) is 0 Å². The van der Waals surface area contributed by atoms with Gasteiger partial charge in [-0.25, -0.2) is 0 Å². The zero-order valence-corrected chi connectivity index (χ0v) is 39.6. The number of allylic oxidation sites excluding steroid dienone is 3. The fourth-order valence-electron chi connectivity index (χ4n) is 10.5. The van der Waals surface area contributed by atoms with Gasteiger partial charge >= 0.3 is 12.4 Å². The van der Waals surface area contributed by atoms with Crippen molar-refractivity contribution >= 4 is 86.6 Å². The van der Waals surface area contributed by atoms with Gasteiger partial charge in [-0.1, -0.05) is 158 Å². The highest BCUT2D eigenvalue weighted by atomic mass is 32.2. The van der Waals surface area contributed by atoms with Crippen molar-refractivity contribution in [1.82, 2.24) is 0 Å². The highest BCUT2D eigenvalue weighted by Gasteiger charge is 2.52. The van der Waals surface area contributed by atoms with Crippen molar-refractivity contribution in [3.8, 4) is 11.1 Å². The molecule has 66 heavy (non-hydrogen) atoms. The molecule has 0 bridgehead atoms. The van der Waals surface area contributed by atoms with Crippen molar-refractivity contribution in [2.24, 2.45) is 0 Å². The number of hydrogen-bond donors (Lipinski definition) is 0. The molecule has 0 amide bonds. The van der Waals surface area contributed by atoms with Crippen molar-refractivity contribution in [2.75, 3.05) is 9.80 Å². The number of rotatable bonds is 3. The first-order valence-corrected chi connectivity index (χ1v) is 23.4. The van der Waals surface area contributed by atoms with Gasteiger partial charge in [-0.05, 0) is 115 Å². The zero-order chi connectivity index (χ0) is 47.2. The molecule has 4 heterocycles. The number of halogens is 6. The first-order chi connectivity index (χ1) is 30.9. The van der Waals surface area contributed by atoms with Crippen LogP contribution in [0.1, 0.15) is 97.1 Å². The molecule has 0 N–H and O–H groups in total. The molecule has 6 aromatic rings. The predicted molar refractivity (Wildman–Crippen MR) is 266 cm³/mol. The second kappa shape index (κ2) is 14.7. The van der Waals surface area contributed by atoms with E-state index in [0.717, 1.165) is 71.9 Å². The number of benzene rings is 6. The third kappa shape index (κ3) is 6.88. The molecule has 4 aliphatic rings. The molecule has 2 nitrogen and oxygen atoms in total. The van der Waals surface area contributed by atoms with E-state index >= 15 is 13.2 Å². The maximum atomic E-state index is 16.0. The summed E-state index contributed by atoms with van der Waals surface area (Å²) in [5.41, 5.74) is 9.41. The molecule has 0 atom stereocenters. The third-order valence-corrected chi connectivity index (χ3v) is 14.7. The van der Waals surface area contributed by atoms with Crippen LogP contribution in [0.25, 0.3) is 11.1 Å². The zero-order valence-electron chi connectivity index (χ0n) is 38.8. The lowest BCUT2D eigenvalue weighted by Gasteiger charge is -2.50. The minimum absolute atomic E-state index is 0.155. The molecule has 334 valence electrons. The van der Waals surface area contributed by atoms with Gasteiger partial charge in [0, 0.05) is 38.9 Å². The second-order valence-electron chi connectivity index (χ2n) is 21.2. The van der Waals surface area contributed by atoms with Crippen LogP contribution < -0.4 is 37.1 Å². The largest absolute Gasteiger partial charge is 0.418 e. The van der Waals surface area contributed by atoms with E-state index in [1.165, 1.54) is 17.3 Å². The molecular formula is C55H50B2F6N2S. The maximum Gasteiger partial charge on any atom is 0.418 e. The average molecular weight is 907 g/mol. The number of nitrogens with zero attached hydrogens (tertiary/aromatic N) is 2. The van der Waals surface area contributed by atoms with E-state index in [9.17, 15) is 13.2 Å². The van der Waals surface area contributed by atoms with E-state index in [1.54, 1.807) is 35.2 Å². The molecule has 0 unspecified atom stereocenters. The SMILES string of the molecule is C/C=C\C1=CSc2cc3c4c5c2B1c1cc(C(C)(C)C)ccc1N5c1ccc(C(C)(C)C)cc1B4c1cc(C(C)(C)C)ccc1N3c1c(-c2ccccc2)cc(C(F)(F)F)cc1C(F)(F)F. The predicted octanol–water partition coefficient (Wildman–Crippen LogP) is 13.4. The highest BCUT2D eigenvalue weighted by molar-refractivity contribution is 8.02. The molecule has 6 aromatic carbocycles. The summed E-state index contributed by atoms with van der Waals surface area (Å²) >= 11 is 1.54. The Morgan fingerprint density at radius 1 is 0.500 bits per heavy atom. The van der Waals surface area contributed by atoms with E-state index in [1.807, 2.05) is 31.2 Å². The standard InChI is InChI=1S/C55H50B2F6N2S/c1-11-15-36-30-66-46-29-45-47-50-48(46)56(36)39-26-32(51(2,3)4)18-21-42(39)64(50)43-22-19-33(52(5,6)7)27-40(43)57(47)41-28-34(53(8,9)10)20-23-44(41)65(45)49-37(31-16-13-12-14-17-31)24-35(54(58,59)60)25-38(49)55(61,62)63/h11-30H,1-10H3/b15-11-. The van der Waals surface area contributed by atoms with Gasteiger partial charge < -0.3 is 9.80 Å².